The first kappa shape index (κ1) is 21.1. The van der Waals surface area contributed by atoms with Crippen molar-refractivity contribution in [2.24, 2.45) is 0 Å². The molecule has 0 saturated carbocycles. The van der Waals surface area contributed by atoms with Crippen LogP contribution in [-0.4, -0.2) is 37.0 Å². The second-order valence-electron chi connectivity index (χ2n) is 8.47. The first-order valence-corrected chi connectivity index (χ1v) is 11.0. The fraction of sp³-hybridized carbons (Fsp3) is 0.296. The second kappa shape index (κ2) is 9.80. The molecule has 1 aliphatic heterocycles. The average Bonchev–Trinajstić information content (AvgIpc) is 2.80. The number of hydrogen-bond acceptors (Lipinski definition) is 3. The number of carbonyl (C=O) groups excluding carboxylic acids is 1. The van der Waals surface area contributed by atoms with Crippen molar-refractivity contribution in [3.8, 4) is 0 Å². The monoisotopic (exact) mass is 413 g/mol. The van der Waals surface area contributed by atoms with Crippen molar-refractivity contribution in [2.75, 3.05) is 31.1 Å². The SMILES string of the molecule is Cc1ccc(CN2CCN(c3cccc(CNC(=O)c4cccc(C)c4)c3)CC2)cc1. The van der Waals surface area contributed by atoms with Crippen LogP contribution in [0.5, 0.6) is 0 Å². The number of benzene rings is 3. The third-order valence-corrected chi connectivity index (χ3v) is 5.91. The molecule has 4 nitrogen and oxygen atoms in total. The average molecular weight is 414 g/mol. The first-order valence-electron chi connectivity index (χ1n) is 11.0. The first-order chi connectivity index (χ1) is 15.1. The zero-order valence-electron chi connectivity index (χ0n) is 18.5. The third kappa shape index (κ3) is 5.74. The Kier molecular flexibility index (Phi) is 6.68. The van der Waals surface area contributed by atoms with Crippen LogP contribution in [0.15, 0.2) is 72.8 Å². The lowest BCUT2D eigenvalue weighted by molar-refractivity contribution is 0.0951. The van der Waals surface area contributed by atoms with Gasteiger partial charge in [0.25, 0.3) is 5.91 Å². The highest BCUT2D eigenvalue weighted by Gasteiger charge is 2.17. The van der Waals surface area contributed by atoms with Crippen LogP contribution in [-0.2, 0) is 13.1 Å². The predicted molar refractivity (Wildman–Crippen MR) is 127 cm³/mol. The summed E-state index contributed by atoms with van der Waals surface area (Å²) in [6.07, 6.45) is 0. The van der Waals surface area contributed by atoms with Crippen LogP contribution in [0.25, 0.3) is 0 Å². The van der Waals surface area contributed by atoms with Crippen molar-refractivity contribution in [1.82, 2.24) is 10.2 Å². The topological polar surface area (TPSA) is 35.6 Å². The van der Waals surface area contributed by atoms with Gasteiger partial charge >= 0.3 is 0 Å². The van der Waals surface area contributed by atoms with E-state index in [0.29, 0.717) is 12.1 Å². The van der Waals surface area contributed by atoms with Crippen molar-refractivity contribution in [3.05, 3.63) is 101 Å². The molecule has 3 aromatic rings. The van der Waals surface area contributed by atoms with E-state index in [1.165, 1.54) is 16.8 Å². The number of piperazine rings is 1. The molecule has 0 atom stereocenters. The number of hydrogen-bond donors (Lipinski definition) is 1. The van der Waals surface area contributed by atoms with Crippen molar-refractivity contribution >= 4 is 11.6 Å². The highest BCUT2D eigenvalue weighted by molar-refractivity contribution is 5.94. The van der Waals surface area contributed by atoms with Crippen LogP contribution in [0.4, 0.5) is 5.69 Å². The Morgan fingerprint density at radius 2 is 1.55 bits per heavy atom. The summed E-state index contributed by atoms with van der Waals surface area (Å²) < 4.78 is 0. The van der Waals surface area contributed by atoms with Crippen molar-refractivity contribution in [3.63, 3.8) is 0 Å². The summed E-state index contributed by atoms with van der Waals surface area (Å²) in [4.78, 5) is 17.4. The largest absolute Gasteiger partial charge is 0.369 e. The minimum absolute atomic E-state index is 0.0289. The van der Waals surface area contributed by atoms with E-state index in [4.69, 9.17) is 0 Å². The van der Waals surface area contributed by atoms with Gasteiger partial charge in [-0.25, -0.2) is 0 Å². The maximum absolute atomic E-state index is 12.4. The van der Waals surface area contributed by atoms with Gasteiger partial charge in [0.05, 0.1) is 0 Å². The standard InChI is InChI=1S/C27H31N3O/c1-21-9-11-23(12-10-21)20-29-13-15-30(16-14-29)26-8-4-6-24(18-26)19-28-27(31)25-7-3-5-22(2)17-25/h3-12,17-18H,13-16,19-20H2,1-2H3,(H,28,31). The third-order valence-electron chi connectivity index (χ3n) is 5.91. The fourth-order valence-corrected chi connectivity index (χ4v) is 4.05. The summed E-state index contributed by atoms with van der Waals surface area (Å²) in [5.74, 6) is -0.0289. The summed E-state index contributed by atoms with van der Waals surface area (Å²) in [5.41, 5.74) is 6.85. The Bertz CT molecular complexity index is 1020. The minimum atomic E-state index is -0.0289. The molecule has 3 aromatic carbocycles. The van der Waals surface area contributed by atoms with Gasteiger partial charge in [0.2, 0.25) is 0 Å². The molecule has 1 saturated heterocycles. The van der Waals surface area contributed by atoms with E-state index in [1.807, 2.05) is 31.2 Å². The summed E-state index contributed by atoms with van der Waals surface area (Å²) in [7, 11) is 0. The molecule has 31 heavy (non-hydrogen) atoms. The number of carbonyl (C=O) groups is 1. The number of nitrogens with zero attached hydrogens (tertiary/aromatic N) is 2. The number of anilines is 1. The molecule has 0 aromatic heterocycles. The number of aryl methyl sites for hydroxylation is 2. The van der Waals surface area contributed by atoms with Crippen molar-refractivity contribution in [2.45, 2.75) is 26.9 Å². The van der Waals surface area contributed by atoms with E-state index < -0.39 is 0 Å². The normalized spacial score (nSPS) is 14.5. The Labute approximate surface area is 185 Å². The Morgan fingerprint density at radius 1 is 0.806 bits per heavy atom. The molecule has 0 spiro atoms. The molecular formula is C27H31N3O. The van der Waals surface area contributed by atoms with E-state index in [0.717, 1.165) is 43.9 Å². The van der Waals surface area contributed by atoms with Crippen LogP contribution in [0.2, 0.25) is 0 Å². The van der Waals surface area contributed by atoms with Gasteiger partial charge in [-0.15, -0.1) is 0 Å². The number of amides is 1. The van der Waals surface area contributed by atoms with Gasteiger partial charge in [-0.1, -0.05) is 59.7 Å². The predicted octanol–water partition coefficient (Wildman–Crippen LogP) is 4.56. The molecule has 160 valence electrons. The van der Waals surface area contributed by atoms with Crippen LogP contribution in [0.1, 0.15) is 32.6 Å². The Hall–Kier alpha value is -3.11. The Morgan fingerprint density at radius 3 is 2.29 bits per heavy atom. The van der Waals surface area contributed by atoms with E-state index >= 15 is 0 Å². The molecular weight excluding hydrogens is 382 g/mol. The smallest absolute Gasteiger partial charge is 0.251 e. The van der Waals surface area contributed by atoms with Gasteiger partial charge in [0.15, 0.2) is 0 Å². The van der Waals surface area contributed by atoms with Gasteiger partial charge in [-0.3, -0.25) is 9.69 Å². The van der Waals surface area contributed by atoms with Crippen LogP contribution in [0.3, 0.4) is 0 Å². The summed E-state index contributed by atoms with van der Waals surface area (Å²) in [5, 5.41) is 3.05. The highest BCUT2D eigenvalue weighted by atomic mass is 16.1. The van der Waals surface area contributed by atoms with E-state index in [-0.39, 0.29) is 5.91 Å². The van der Waals surface area contributed by atoms with Crippen molar-refractivity contribution < 1.29 is 4.79 Å². The molecule has 1 heterocycles. The molecule has 0 aliphatic carbocycles. The number of rotatable bonds is 6. The fourth-order valence-electron chi connectivity index (χ4n) is 4.05. The van der Waals surface area contributed by atoms with Crippen molar-refractivity contribution in [1.29, 1.82) is 0 Å². The van der Waals surface area contributed by atoms with Gasteiger partial charge < -0.3 is 10.2 Å². The van der Waals surface area contributed by atoms with Crippen LogP contribution < -0.4 is 10.2 Å². The van der Waals surface area contributed by atoms with E-state index in [9.17, 15) is 4.79 Å². The lowest BCUT2D eigenvalue weighted by Crippen LogP contribution is -2.46. The molecule has 1 N–H and O–H groups in total. The maximum Gasteiger partial charge on any atom is 0.251 e. The Balaban J connectivity index is 1.30. The van der Waals surface area contributed by atoms with Gasteiger partial charge in [0, 0.05) is 50.5 Å². The quantitative estimate of drug-likeness (QED) is 0.644. The molecule has 0 unspecified atom stereocenters. The van der Waals surface area contributed by atoms with Crippen LogP contribution >= 0.6 is 0 Å². The lowest BCUT2D eigenvalue weighted by Gasteiger charge is -2.36. The molecule has 1 aliphatic rings. The molecule has 1 amide bonds. The second-order valence-corrected chi connectivity index (χ2v) is 8.47. The summed E-state index contributed by atoms with van der Waals surface area (Å²) in [6, 6.07) is 25.1. The molecule has 0 bridgehead atoms. The minimum Gasteiger partial charge on any atom is -0.369 e. The molecule has 4 heteroatoms. The van der Waals surface area contributed by atoms with Gasteiger partial charge in [-0.05, 0) is 49.2 Å². The van der Waals surface area contributed by atoms with E-state index in [2.05, 4.69) is 70.6 Å². The molecule has 0 radical (unpaired) electrons. The van der Waals surface area contributed by atoms with Gasteiger partial charge in [0.1, 0.15) is 0 Å². The van der Waals surface area contributed by atoms with Crippen LogP contribution in [0, 0.1) is 13.8 Å². The van der Waals surface area contributed by atoms with E-state index in [1.54, 1.807) is 0 Å². The highest BCUT2D eigenvalue weighted by Crippen LogP contribution is 2.19. The zero-order chi connectivity index (χ0) is 21.6. The summed E-state index contributed by atoms with van der Waals surface area (Å²) >= 11 is 0. The number of nitrogens with one attached hydrogen (secondary N) is 1. The lowest BCUT2D eigenvalue weighted by atomic mass is 10.1. The molecule has 1 fully saturated rings. The maximum atomic E-state index is 12.4. The zero-order valence-corrected chi connectivity index (χ0v) is 18.5. The summed E-state index contributed by atoms with van der Waals surface area (Å²) in [6.45, 7) is 9.83. The van der Waals surface area contributed by atoms with Gasteiger partial charge in [-0.2, -0.15) is 0 Å². The molecule has 4 rings (SSSR count).